The monoisotopic (exact) mass is 869 g/mol. The first kappa shape index (κ1) is 49.3. The largest absolute Gasteiger partial charge is 0.480 e. The minimum atomic E-state index is -1.81. The van der Waals surface area contributed by atoms with Crippen molar-refractivity contribution in [2.45, 2.75) is 146 Å². The Balaban J connectivity index is 1.72. The first-order chi connectivity index (χ1) is 29.7. The zero-order valence-electron chi connectivity index (χ0n) is 35.7. The molecule has 0 spiro atoms. The van der Waals surface area contributed by atoms with Crippen LogP contribution in [0.25, 0.3) is 0 Å². The van der Waals surface area contributed by atoms with E-state index in [0.717, 1.165) is 44.1 Å². The number of unbranched alkanes of at least 4 members (excludes halogenated alkanes) is 4. The van der Waals surface area contributed by atoms with E-state index in [1.165, 1.54) is 9.80 Å². The number of hydrogen-bond donors (Lipinski definition) is 9. The van der Waals surface area contributed by atoms with Gasteiger partial charge in [0.25, 0.3) is 5.91 Å². The van der Waals surface area contributed by atoms with Gasteiger partial charge in [0.15, 0.2) is 11.9 Å². The van der Waals surface area contributed by atoms with Gasteiger partial charge in [-0.05, 0) is 81.4 Å². The predicted molar refractivity (Wildman–Crippen MR) is 232 cm³/mol. The second-order valence-corrected chi connectivity index (χ2v) is 16.6. The Labute approximate surface area is 363 Å². The maximum Gasteiger partial charge on any atom is 0.326 e. The number of imide groups is 1. The molecule has 7 atom stereocenters. The molecular weight excluding hydrogens is 801 g/mol. The summed E-state index contributed by atoms with van der Waals surface area (Å²) < 4.78 is 0. The number of benzene rings is 1. The fourth-order valence-corrected chi connectivity index (χ4v) is 8.99. The highest BCUT2D eigenvalue weighted by atomic mass is 16.4. The SMILES string of the molecule is NCCCCCCCC(=O)N(C(=O)[C@H](CCCN=C(N)N)NC(=O)[C@H](N)CCCN=C(N)N)[C@@H](CO)C(=O)N1Cc2ccccc2C[C@@H]1C(=O)N1[C@H](C(=O)O)C[C@@H]2CCCC[C@@H]21. The number of likely N-dealkylation sites (tertiary alicyclic amines) is 1. The molecular formula is C42H68N12O8. The minimum Gasteiger partial charge on any atom is -0.480 e. The maximum absolute atomic E-state index is 15.1. The van der Waals surface area contributed by atoms with Gasteiger partial charge in [-0.15, -0.1) is 0 Å². The molecule has 15 N–H and O–H groups in total. The van der Waals surface area contributed by atoms with Crippen molar-refractivity contribution in [3.8, 4) is 0 Å². The summed E-state index contributed by atoms with van der Waals surface area (Å²) in [6.07, 6.45) is 7.36. The summed E-state index contributed by atoms with van der Waals surface area (Å²) in [6, 6.07) is 0.326. The number of fused-ring (bicyclic) bond motifs is 2. The van der Waals surface area contributed by atoms with Gasteiger partial charge in [-0.1, -0.05) is 56.4 Å². The Morgan fingerprint density at radius 3 is 2.11 bits per heavy atom. The average molecular weight is 869 g/mol. The summed E-state index contributed by atoms with van der Waals surface area (Å²) in [5, 5.41) is 24.1. The lowest BCUT2D eigenvalue weighted by molar-refractivity contribution is -0.163. The van der Waals surface area contributed by atoms with E-state index < -0.39 is 72.3 Å². The zero-order chi connectivity index (χ0) is 45.3. The first-order valence-electron chi connectivity index (χ1n) is 22.0. The van der Waals surface area contributed by atoms with Crippen LogP contribution >= 0.6 is 0 Å². The highest BCUT2D eigenvalue weighted by Crippen LogP contribution is 2.41. The molecule has 5 amide bonds. The average Bonchev–Trinajstić information content (AvgIpc) is 3.65. The molecule has 1 saturated carbocycles. The summed E-state index contributed by atoms with van der Waals surface area (Å²) in [5.41, 5.74) is 35.2. The van der Waals surface area contributed by atoms with Crippen molar-refractivity contribution in [1.82, 2.24) is 20.0 Å². The van der Waals surface area contributed by atoms with Crippen LogP contribution in [0.5, 0.6) is 0 Å². The number of amides is 5. The van der Waals surface area contributed by atoms with Gasteiger partial charge in [-0.3, -0.25) is 38.9 Å². The molecule has 344 valence electrons. The molecule has 4 rings (SSSR count). The minimum absolute atomic E-state index is 0.00514. The lowest BCUT2D eigenvalue weighted by Gasteiger charge is -2.43. The molecule has 1 saturated heterocycles. The molecule has 1 aromatic carbocycles. The van der Waals surface area contributed by atoms with Crippen LogP contribution in [0.4, 0.5) is 0 Å². The number of aliphatic carboxylic acids is 1. The molecule has 1 aromatic rings. The molecule has 2 heterocycles. The number of carbonyl (C=O) groups is 6. The van der Waals surface area contributed by atoms with Gasteiger partial charge in [0, 0.05) is 38.5 Å². The maximum atomic E-state index is 15.1. The summed E-state index contributed by atoms with van der Waals surface area (Å²) in [5.74, 6) is -5.28. The van der Waals surface area contributed by atoms with Crippen LogP contribution in [0, 0.1) is 5.92 Å². The van der Waals surface area contributed by atoms with E-state index in [1.54, 1.807) is 12.1 Å². The number of carbonyl (C=O) groups excluding carboxylic acids is 5. The van der Waals surface area contributed by atoms with Crippen molar-refractivity contribution in [2.24, 2.45) is 50.3 Å². The number of nitrogens with two attached hydrogens (primary N) is 6. The van der Waals surface area contributed by atoms with Crippen LogP contribution in [0.1, 0.15) is 107 Å². The van der Waals surface area contributed by atoms with Crippen molar-refractivity contribution in [2.75, 3.05) is 26.2 Å². The number of nitrogens with one attached hydrogen (secondary N) is 1. The van der Waals surface area contributed by atoms with Gasteiger partial charge in [0.05, 0.1) is 12.6 Å². The summed E-state index contributed by atoms with van der Waals surface area (Å²) in [6.45, 7) is -0.306. The lowest BCUT2D eigenvalue weighted by atomic mass is 9.84. The van der Waals surface area contributed by atoms with Crippen LogP contribution in [0.15, 0.2) is 34.3 Å². The van der Waals surface area contributed by atoms with Gasteiger partial charge in [-0.25, -0.2) is 4.79 Å². The number of aliphatic hydroxyl groups is 1. The number of guanidine groups is 2. The zero-order valence-corrected chi connectivity index (χ0v) is 35.7. The van der Waals surface area contributed by atoms with Gasteiger partial charge in [0.1, 0.15) is 24.2 Å². The third-order valence-electron chi connectivity index (χ3n) is 12.2. The van der Waals surface area contributed by atoms with Crippen LogP contribution < -0.4 is 39.7 Å². The number of rotatable bonds is 23. The fraction of sp³-hybridized carbons (Fsp3) is 0.667. The standard InChI is InChI=1S/C42H68N12O8/c43-19-9-3-1-2-4-18-35(56)54(37(58)30(16-11-21-50-42(47)48)51-36(57)29(44)15-10-20-49-41(45)46)34(25-55)38(59)52-24-28-14-6-5-12-26(28)22-32(52)39(60)53-31-17-8-7-13-27(31)23-33(53)40(61)62/h5-6,12,14,27,29-34,55H,1-4,7-11,13,15-25,43-44H2,(H,51,57)(H,61,62)(H4,45,46,49)(H4,47,48,50)/t27-,29+,30-,31-,32+,33-,34-/m0/s1. The molecule has 3 aliphatic rings. The topological polar surface area (TPSA) is 345 Å². The number of aliphatic imine (C=N–C) groups is 2. The lowest BCUT2D eigenvalue weighted by Crippen LogP contribution is -2.64. The van der Waals surface area contributed by atoms with E-state index in [2.05, 4.69) is 15.3 Å². The van der Waals surface area contributed by atoms with E-state index in [-0.39, 0.29) is 75.6 Å². The van der Waals surface area contributed by atoms with Gasteiger partial charge in [-0.2, -0.15) is 0 Å². The summed E-state index contributed by atoms with van der Waals surface area (Å²) in [4.78, 5) is 96.6. The van der Waals surface area contributed by atoms with E-state index >= 15 is 4.79 Å². The van der Waals surface area contributed by atoms with Crippen LogP contribution in [-0.2, 0) is 41.7 Å². The fourth-order valence-electron chi connectivity index (χ4n) is 8.99. The second kappa shape index (κ2) is 24.3. The van der Waals surface area contributed by atoms with Crippen molar-refractivity contribution in [3.05, 3.63) is 35.4 Å². The van der Waals surface area contributed by atoms with Crippen molar-refractivity contribution < 1.29 is 39.0 Å². The van der Waals surface area contributed by atoms with E-state index in [4.69, 9.17) is 34.4 Å². The van der Waals surface area contributed by atoms with Crippen LogP contribution in [-0.4, -0.2) is 135 Å². The van der Waals surface area contributed by atoms with Gasteiger partial charge >= 0.3 is 5.97 Å². The molecule has 20 nitrogen and oxygen atoms in total. The Hall–Kier alpha value is -5.34. The summed E-state index contributed by atoms with van der Waals surface area (Å²) in [7, 11) is 0. The smallest absolute Gasteiger partial charge is 0.326 e. The normalized spacial score (nSPS) is 20.8. The molecule has 20 heteroatoms. The highest BCUT2D eigenvalue weighted by molar-refractivity contribution is 6.04. The molecule has 0 unspecified atom stereocenters. The number of carboxylic acids is 1. The predicted octanol–water partition coefficient (Wildman–Crippen LogP) is -0.881. The number of aliphatic hydroxyl groups excluding tert-OH is 1. The second-order valence-electron chi connectivity index (χ2n) is 16.6. The van der Waals surface area contributed by atoms with Crippen molar-refractivity contribution in [3.63, 3.8) is 0 Å². The van der Waals surface area contributed by atoms with E-state index in [9.17, 15) is 34.2 Å². The summed E-state index contributed by atoms with van der Waals surface area (Å²) >= 11 is 0. The van der Waals surface area contributed by atoms with Crippen molar-refractivity contribution in [1.29, 1.82) is 0 Å². The Bertz CT molecular complexity index is 1770. The number of carboxylic acid groups (broad SMARTS) is 1. The molecule has 62 heavy (non-hydrogen) atoms. The molecule has 0 radical (unpaired) electrons. The Morgan fingerprint density at radius 2 is 1.47 bits per heavy atom. The molecule has 2 aliphatic heterocycles. The number of nitrogens with zero attached hydrogens (tertiary/aromatic N) is 5. The van der Waals surface area contributed by atoms with E-state index in [1.807, 2.05) is 12.1 Å². The molecule has 0 aromatic heterocycles. The first-order valence-corrected chi connectivity index (χ1v) is 22.0. The van der Waals surface area contributed by atoms with Crippen LogP contribution in [0.2, 0.25) is 0 Å². The molecule has 0 bridgehead atoms. The van der Waals surface area contributed by atoms with Crippen LogP contribution in [0.3, 0.4) is 0 Å². The highest BCUT2D eigenvalue weighted by Gasteiger charge is 2.52. The van der Waals surface area contributed by atoms with Crippen molar-refractivity contribution >= 4 is 47.4 Å². The Morgan fingerprint density at radius 1 is 0.839 bits per heavy atom. The van der Waals surface area contributed by atoms with Gasteiger partial charge < -0.3 is 59.7 Å². The number of hydrogen-bond acceptors (Lipinski definition) is 11. The third-order valence-corrected chi connectivity index (χ3v) is 12.2. The third kappa shape index (κ3) is 13.3. The Kier molecular flexibility index (Phi) is 19.4. The van der Waals surface area contributed by atoms with Gasteiger partial charge in [0.2, 0.25) is 23.6 Å². The van der Waals surface area contributed by atoms with E-state index in [0.29, 0.717) is 49.1 Å². The molecule has 1 aliphatic carbocycles. The quantitative estimate of drug-likeness (QED) is 0.0367. The molecule has 2 fully saturated rings.